The number of fused-ring (bicyclic) bond motifs is 1. The van der Waals surface area contributed by atoms with Crippen LogP contribution in [0.1, 0.15) is 30.1 Å². The van der Waals surface area contributed by atoms with Crippen molar-refractivity contribution in [2.45, 2.75) is 25.8 Å². The minimum absolute atomic E-state index is 0.0873. The van der Waals surface area contributed by atoms with E-state index >= 15 is 0 Å². The summed E-state index contributed by atoms with van der Waals surface area (Å²) in [5, 5.41) is 8.36. The zero-order chi connectivity index (χ0) is 16.5. The van der Waals surface area contributed by atoms with Crippen molar-refractivity contribution in [2.75, 3.05) is 26.2 Å². The number of carbonyl (C=O) groups excluding carboxylic acids is 1. The molecule has 3 heterocycles. The number of likely N-dealkylation sites (tertiary alicyclic amines) is 2. The number of likely N-dealkylation sites (N-methyl/N-ethyl adjacent to an activating group) is 1. The summed E-state index contributed by atoms with van der Waals surface area (Å²) in [6, 6.07) is 8.11. The second kappa shape index (κ2) is 6.36. The molecule has 0 unspecified atom stereocenters. The summed E-state index contributed by atoms with van der Waals surface area (Å²) in [5.74, 6) is 0.835. The lowest BCUT2D eigenvalue weighted by Gasteiger charge is -2.38. The first-order valence-corrected chi connectivity index (χ1v) is 8.77. The van der Waals surface area contributed by atoms with Gasteiger partial charge in [-0.1, -0.05) is 19.1 Å². The number of piperidine rings is 1. The quantitative estimate of drug-likeness (QED) is 0.864. The van der Waals surface area contributed by atoms with Crippen LogP contribution < -0.4 is 0 Å². The fourth-order valence-electron chi connectivity index (χ4n) is 4.14. The van der Waals surface area contributed by atoms with Crippen molar-refractivity contribution in [1.29, 1.82) is 0 Å². The molecule has 1 amide bonds. The van der Waals surface area contributed by atoms with E-state index in [4.69, 9.17) is 0 Å². The molecule has 2 saturated heterocycles. The van der Waals surface area contributed by atoms with E-state index in [-0.39, 0.29) is 5.91 Å². The molecule has 1 aromatic carbocycles. The SMILES string of the molecule is CCN1CC[C@@H]2CCN(C(=O)c3ccccc3-n3nccn3)C[C@@H]21. The molecule has 0 saturated carbocycles. The van der Waals surface area contributed by atoms with E-state index in [1.165, 1.54) is 17.8 Å². The van der Waals surface area contributed by atoms with Gasteiger partial charge in [0.25, 0.3) is 5.91 Å². The van der Waals surface area contributed by atoms with Gasteiger partial charge in [0.1, 0.15) is 0 Å². The van der Waals surface area contributed by atoms with Crippen LogP contribution in [0.25, 0.3) is 5.69 Å². The minimum atomic E-state index is 0.0873. The topological polar surface area (TPSA) is 54.3 Å². The fourth-order valence-corrected chi connectivity index (χ4v) is 4.14. The highest BCUT2D eigenvalue weighted by Crippen LogP contribution is 2.32. The van der Waals surface area contributed by atoms with Gasteiger partial charge < -0.3 is 4.90 Å². The van der Waals surface area contributed by atoms with Crippen LogP contribution in [0.4, 0.5) is 0 Å². The largest absolute Gasteiger partial charge is 0.337 e. The molecule has 2 fully saturated rings. The third-order valence-corrected chi connectivity index (χ3v) is 5.44. The number of aromatic nitrogens is 3. The standard InChI is InChI=1S/C18H23N5O/c1-2-21-11-7-14-8-12-22(13-17(14)21)18(24)15-5-3-4-6-16(15)23-19-9-10-20-23/h3-6,9-10,14,17H,2,7-8,11-13H2,1H3/t14-,17+/m1/s1. The molecule has 1 aromatic heterocycles. The van der Waals surface area contributed by atoms with Crippen LogP contribution in [-0.2, 0) is 0 Å². The van der Waals surface area contributed by atoms with Gasteiger partial charge in [-0.2, -0.15) is 15.0 Å². The van der Waals surface area contributed by atoms with Crippen LogP contribution >= 0.6 is 0 Å². The number of hydrogen-bond donors (Lipinski definition) is 0. The number of hydrogen-bond acceptors (Lipinski definition) is 4. The molecule has 0 spiro atoms. The molecule has 6 heteroatoms. The van der Waals surface area contributed by atoms with Crippen molar-refractivity contribution in [3.05, 3.63) is 42.2 Å². The highest BCUT2D eigenvalue weighted by Gasteiger charge is 2.39. The Morgan fingerprint density at radius 3 is 2.71 bits per heavy atom. The maximum Gasteiger partial charge on any atom is 0.256 e. The molecule has 2 atom stereocenters. The van der Waals surface area contributed by atoms with Crippen LogP contribution in [-0.4, -0.2) is 62.9 Å². The smallest absolute Gasteiger partial charge is 0.256 e. The Balaban J connectivity index is 1.59. The Morgan fingerprint density at radius 1 is 1.17 bits per heavy atom. The molecule has 4 rings (SSSR count). The first-order chi connectivity index (χ1) is 11.8. The average molecular weight is 325 g/mol. The molecule has 6 nitrogen and oxygen atoms in total. The van der Waals surface area contributed by atoms with Crippen molar-refractivity contribution in [2.24, 2.45) is 5.92 Å². The summed E-state index contributed by atoms with van der Waals surface area (Å²) in [6.07, 6.45) is 5.64. The highest BCUT2D eigenvalue weighted by atomic mass is 16.2. The third-order valence-electron chi connectivity index (χ3n) is 5.44. The lowest BCUT2D eigenvalue weighted by molar-refractivity contribution is 0.0584. The van der Waals surface area contributed by atoms with Crippen molar-refractivity contribution in [1.82, 2.24) is 24.8 Å². The number of benzene rings is 1. The Labute approximate surface area is 142 Å². The van der Waals surface area contributed by atoms with Gasteiger partial charge in [-0.3, -0.25) is 9.69 Å². The molecule has 24 heavy (non-hydrogen) atoms. The van der Waals surface area contributed by atoms with Gasteiger partial charge in [0.15, 0.2) is 0 Å². The van der Waals surface area contributed by atoms with E-state index in [9.17, 15) is 4.79 Å². The third kappa shape index (κ3) is 2.60. The summed E-state index contributed by atoms with van der Waals surface area (Å²) in [7, 11) is 0. The summed E-state index contributed by atoms with van der Waals surface area (Å²) < 4.78 is 0. The van der Waals surface area contributed by atoms with Crippen molar-refractivity contribution in [3.8, 4) is 5.69 Å². The van der Waals surface area contributed by atoms with Gasteiger partial charge in [-0.25, -0.2) is 0 Å². The summed E-state index contributed by atoms with van der Waals surface area (Å²) in [6.45, 7) is 6.12. The zero-order valence-electron chi connectivity index (χ0n) is 14.0. The van der Waals surface area contributed by atoms with Crippen LogP contribution in [0.2, 0.25) is 0 Å². The number of rotatable bonds is 3. The van der Waals surface area contributed by atoms with Gasteiger partial charge in [0, 0.05) is 19.1 Å². The van der Waals surface area contributed by atoms with E-state index < -0.39 is 0 Å². The minimum Gasteiger partial charge on any atom is -0.337 e. The normalized spacial score (nSPS) is 24.1. The Kier molecular flexibility index (Phi) is 4.06. The molecule has 0 bridgehead atoms. The van der Waals surface area contributed by atoms with Gasteiger partial charge >= 0.3 is 0 Å². The van der Waals surface area contributed by atoms with Crippen molar-refractivity contribution >= 4 is 5.91 Å². The number of carbonyl (C=O) groups is 1. The Morgan fingerprint density at radius 2 is 1.92 bits per heavy atom. The molecular weight excluding hydrogens is 302 g/mol. The number of para-hydroxylation sites is 1. The molecule has 0 aliphatic carbocycles. The summed E-state index contributed by atoms with van der Waals surface area (Å²) in [4.78, 5) is 19.2. The molecule has 126 valence electrons. The summed E-state index contributed by atoms with van der Waals surface area (Å²) >= 11 is 0. The van der Waals surface area contributed by atoms with Crippen LogP contribution in [0.3, 0.4) is 0 Å². The molecule has 0 radical (unpaired) electrons. The maximum atomic E-state index is 13.1. The van der Waals surface area contributed by atoms with Gasteiger partial charge in [0.2, 0.25) is 0 Å². The molecule has 2 aromatic rings. The predicted octanol–water partition coefficient (Wildman–Crippen LogP) is 1.82. The second-order valence-electron chi connectivity index (χ2n) is 6.62. The monoisotopic (exact) mass is 325 g/mol. The first-order valence-electron chi connectivity index (χ1n) is 8.77. The fraction of sp³-hybridized carbons (Fsp3) is 0.500. The van der Waals surface area contributed by atoms with E-state index in [1.807, 2.05) is 29.2 Å². The van der Waals surface area contributed by atoms with Crippen LogP contribution in [0.15, 0.2) is 36.7 Å². The van der Waals surface area contributed by atoms with E-state index in [0.29, 0.717) is 11.6 Å². The van der Waals surface area contributed by atoms with E-state index in [0.717, 1.165) is 37.7 Å². The molecule has 0 N–H and O–H groups in total. The lowest BCUT2D eigenvalue weighted by Crippen LogP contribution is -2.50. The van der Waals surface area contributed by atoms with Crippen LogP contribution in [0.5, 0.6) is 0 Å². The first kappa shape index (κ1) is 15.3. The Hall–Kier alpha value is -2.21. The number of nitrogens with zero attached hydrogens (tertiary/aromatic N) is 5. The second-order valence-corrected chi connectivity index (χ2v) is 6.62. The zero-order valence-corrected chi connectivity index (χ0v) is 14.0. The van der Waals surface area contributed by atoms with E-state index in [2.05, 4.69) is 22.0 Å². The van der Waals surface area contributed by atoms with Crippen molar-refractivity contribution < 1.29 is 4.79 Å². The highest BCUT2D eigenvalue weighted by molar-refractivity contribution is 5.97. The Bertz CT molecular complexity index is 708. The molecular formula is C18H23N5O. The summed E-state index contributed by atoms with van der Waals surface area (Å²) in [5.41, 5.74) is 1.42. The average Bonchev–Trinajstić information content (AvgIpc) is 3.30. The van der Waals surface area contributed by atoms with Crippen molar-refractivity contribution in [3.63, 3.8) is 0 Å². The molecule has 2 aliphatic rings. The van der Waals surface area contributed by atoms with E-state index in [1.54, 1.807) is 12.4 Å². The number of amides is 1. The lowest BCUT2D eigenvalue weighted by atomic mass is 9.91. The van der Waals surface area contributed by atoms with Gasteiger partial charge in [0.05, 0.1) is 23.6 Å². The predicted molar refractivity (Wildman–Crippen MR) is 91.0 cm³/mol. The maximum absolute atomic E-state index is 13.1. The van der Waals surface area contributed by atoms with Gasteiger partial charge in [-0.05, 0) is 44.0 Å². The van der Waals surface area contributed by atoms with Gasteiger partial charge in [-0.15, -0.1) is 0 Å². The van der Waals surface area contributed by atoms with Crippen LogP contribution in [0, 0.1) is 5.92 Å². The molecule has 2 aliphatic heterocycles.